The lowest BCUT2D eigenvalue weighted by Crippen LogP contribution is -2.51. The lowest BCUT2D eigenvalue weighted by atomic mass is 9.93. The van der Waals surface area contributed by atoms with Crippen molar-refractivity contribution in [3.63, 3.8) is 0 Å². The number of rotatable bonds is 5. The highest BCUT2D eigenvalue weighted by atomic mass is 16.2. The normalized spacial score (nSPS) is 24.6. The van der Waals surface area contributed by atoms with E-state index >= 15 is 0 Å². The summed E-state index contributed by atoms with van der Waals surface area (Å²) in [6.07, 6.45) is 10.4. The molecule has 146 valence electrons. The summed E-state index contributed by atoms with van der Waals surface area (Å²) < 4.78 is 0. The van der Waals surface area contributed by atoms with Gasteiger partial charge in [0.15, 0.2) is 0 Å². The molecular weight excluding hydrogens is 340 g/mol. The topological polar surface area (TPSA) is 65.5 Å². The van der Waals surface area contributed by atoms with Crippen LogP contribution >= 0.6 is 0 Å². The minimum Gasteiger partial charge on any atom is -0.353 e. The second-order valence-electron chi connectivity index (χ2n) is 8.27. The first-order valence-corrected chi connectivity index (χ1v) is 10.4. The number of pyridine rings is 1. The van der Waals surface area contributed by atoms with E-state index in [0.29, 0.717) is 18.5 Å². The summed E-state index contributed by atoms with van der Waals surface area (Å²) >= 11 is 0. The Morgan fingerprint density at radius 2 is 1.93 bits per heavy atom. The van der Waals surface area contributed by atoms with Crippen LogP contribution in [0.1, 0.15) is 44.1 Å². The van der Waals surface area contributed by atoms with Crippen molar-refractivity contribution < 1.29 is 9.59 Å². The van der Waals surface area contributed by atoms with Gasteiger partial charge in [-0.25, -0.2) is 0 Å². The number of likely N-dealkylation sites (tertiary alicyclic amines) is 2. The van der Waals surface area contributed by atoms with Gasteiger partial charge >= 0.3 is 0 Å². The second kappa shape index (κ2) is 8.38. The molecular formula is C21H30N4O2. The summed E-state index contributed by atoms with van der Waals surface area (Å²) in [7, 11) is 0. The molecule has 3 heterocycles. The zero-order valence-corrected chi connectivity index (χ0v) is 16.0. The molecule has 0 spiro atoms. The van der Waals surface area contributed by atoms with Crippen LogP contribution in [-0.4, -0.2) is 64.9 Å². The van der Waals surface area contributed by atoms with E-state index in [1.165, 1.54) is 0 Å². The third kappa shape index (κ3) is 4.86. The van der Waals surface area contributed by atoms with Crippen LogP contribution < -0.4 is 5.32 Å². The average Bonchev–Trinajstić information content (AvgIpc) is 3.53. The highest BCUT2D eigenvalue weighted by molar-refractivity contribution is 5.79. The van der Waals surface area contributed by atoms with Gasteiger partial charge in [0.1, 0.15) is 0 Å². The first-order valence-electron chi connectivity index (χ1n) is 10.4. The molecule has 27 heavy (non-hydrogen) atoms. The molecule has 0 radical (unpaired) electrons. The molecule has 1 unspecified atom stereocenters. The zero-order chi connectivity index (χ0) is 18.6. The molecule has 1 aromatic rings. The van der Waals surface area contributed by atoms with Crippen molar-refractivity contribution in [3.8, 4) is 0 Å². The van der Waals surface area contributed by atoms with Crippen LogP contribution in [0.5, 0.6) is 0 Å². The molecule has 1 N–H and O–H groups in total. The third-order valence-electron chi connectivity index (χ3n) is 6.16. The largest absolute Gasteiger partial charge is 0.353 e. The predicted octanol–water partition coefficient (Wildman–Crippen LogP) is 1.61. The number of hydrogen-bond donors (Lipinski definition) is 1. The fourth-order valence-electron chi connectivity index (χ4n) is 4.37. The molecule has 0 bridgehead atoms. The Morgan fingerprint density at radius 1 is 1.11 bits per heavy atom. The van der Waals surface area contributed by atoms with Crippen LogP contribution in [0.25, 0.3) is 0 Å². The SMILES string of the molecule is O=C(NC1CC1)C1CCCN(C2CCN(C(=O)Cc3cccnc3)CC2)C1. The van der Waals surface area contributed by atoms with E-state index in [1.54, 1.807) is 12.4 Å². The molecule has 3 aliphatic rings. The second-order valence-corrected chi connectivity index (χ2v) is 8.27. The summed E-state index contributed by atoms with van der Waals surface area (Å²) in [5.41, 5.74) is 0.977. The van der Waals surface area contributed by atoms with E-state index in [4.69, 9.17) is 0 Å². The molecule has 2 saturated heterocycles. The quantitative estimate of drug-likeness (QED) is 0.855. The molecule has 4 rings (SSSR count). The first-order chi connectivity index (χ1) is 13.2. The summed E-state index contributed by atoms with van der Waals surface area (Å²) in [6, 6.07) is 4.78. The monoisotopic (exact) mass is 370 g/mol. The van der Waals surface area contributed by atoms with Gasteiger partial charge in [0.25, 0.3) is 0 Å². The van der Waals surface area contributed by atoms with Crippen molar-refractivity contribution in [2.24, 2.45) is 5.92 Å². The third-order valence-corrected chi connectivity index (χ3v) is 6.16. The number of carbonyl (C=O) groups is 2. The van der Waals surface area contributed by atoms with Crippen LogP contribution in [0.2, 0.25) is 0 Å². The minimum atomic E-state index is 0.143. The number of nitrogens with one attached hydrogen (secondary N) is 1. The Balaban J connectivity index is 1.24. The van der Waals surface area contributed by atoms with Gasteiger partial charge in [-0.05, 0) is 56.7 Å². The molecule has 1 aromatic heterocycles. The Morgan fingerprint density at radius 3 is 2.63 bits per heavy atom. The molecule has 2 aliphatic heterocycles. The molecule has 6 heteroatoms. The van der Waals surface area contributed by atoms with Crippen LogP contribution in [0.4, 0.5) is 0 Å². The predicted molar refractivity (Wildman–Crippen MR) is 103 cm³/mol. The van der Waals surface area contributed by atoms with Crippen molar-refractivity contribution in [2.75, 3.05) is 26.2 Å². The van der Waals surface area contributed by atoms with Gasteiger partial charge in [0.05, 0.1) is 12.3 Å². The Kier molecular flexibility index (Phi) is 5.72. The van der Waals surface area contributed by atoms with Crippen LogP contribution in [0, 0.1) is 5.92 Å². The van der Waals surface area contributed by atoms with Crippen LogP contribution in [-0.2, 0) is 16.0 Å². The van der Waals surface area contributed by atoms with Gasteiger partial charge in [0.2, 0.25) is 11.8 Å². The fraction of sp³-hybridized carbons (Fsp3) is 0.667. The van der Waals surface area contributed by atoms with E-state index in [1.807, 2.05) is 17.0 Å². The van der Waals surface area contributed by atoms with E-state index in [-0.39, 0.29) is 17.7 Å². The van der Waals surface area contributed by atoms with Crippen molar-refractivity contribution in [3.05, 3.63) is 30.1 Å². The van der Waals surface area contributed by atoms with Crippen molar-refractivity contribution in [1.82, 2.24) is 20.1 Å². The number of piperidine rings is 2. The van der Waals surface area contributed by atoms with E-state index < -0.39 is 0 Å². The average molecular weight is 370 g/mol. The molecule has 1 saturated carbocycles. The highest BCUT2D eigenvalue weighted by Crippen LogP contribution is 2.26. The number of amides is 2. The summed E-state index contributed by atoms with van der Waals surface area (Å²) in [6.45, 7) is 3.60. The maximum Gasteiger partial charge on any atom is 0.227 e. The van der Waals surface area contributed by atoms with E-state index in [0.717, 1.165) is 70.3 Å². The van der Waals surface area contributed by atoms with Gasteiger partial charge in [-0.2, -0.15) is 0 Å². The van der Waals surface area contributed by atoms with Gasteiger partial charge < -0.3 is 10.2 Å². The maximum atomic E-state index is 12.5. The van der Waals surface area contributed by atoms with Gasteiger partial charge in [-0.3, -0.25) is 19.5 Å². The Bertz CT molecular complexity index is 653. The molecule has 1 atom stereocenters. The molecule has 3 fully saturated rings. The zero-order valence-electron chi connectivity index (χ0n) is 16.0. The van der Waals surface area contributed by atoms with Gasteiger partial charge in [0, 0.05) is 44.1 Å². The number of carbonyl (C=O) groups excluding carboxylic acids is 2. The van der Waals surface area contributed by atoms with E-state index in [2.05, 4.69) is 15.2 Å². The van der Waals surface area contributed by atoms with Gasteiger partial charge in [-0.15, -0.1) is 0 Å². The van der Waals surface area contributed by atoms with Crippen molar-refractivity contribution >= 4 is 11.8 Å². The van der Waals surface area contributed by atoms with Crippen molar-refractivity contribution in [1.29, 1.82) is 0 Å². The molecule has 6 nitrogen and oxygen atoms in total. The van der Waals surface area contributed by atoms with Crippen LogP contribution in [0.3, 0.4) is 0 Å². The standard InChI is InChI=1S/C21H30N4O2/c26-20(13-16-3-1-9-22-14-16)24-11-7-19(8-12-24)25-10-2-4-17(15-25)21(27)23-18-5-6-18/h1,3,9,14,17-19H,2,4-8,10-13,15H2,(H,23,27). The Hall–Kier alpha value is -1.95. The number of aromatic nitrogens is 1. The Labute approximate surface area is 161 Å². The number of nitrogens with zero attached hydrogens (tertiary/aromatic N) is 3. The first kappa shape index (κ1) is 18.4. The maximum absolute atomic E-state index is 12.5. The minimum absolute atomic E-state index is 0.143. The molecule has 0 aromatic carbocycles. The summed E-state index contributed by atoms with van der Waals surface area (Å²) in [5, 5.41) is 3.17. The van der Waals surface area contributed by atoms with Gasteiger partial charge in [-0.1, -0.05) is 6.07 Å². The molecule has 2 amide bonds. The highest BCUT2D eigenvalue weighted by Gasteiger charge is 2.34. The van der Waals surface area contributed by atoms with Crippen molar-refractivity contribution in [2.45, 2.75) is 57.0 Å². The molecule has 1 aliphatic carbocycles. The lowest BCUT2D eigenvalue weighted by molar-refractivity contribution is -0.132. The van der Waals surface area contributed by atoms with E-state index in [9.17, 15) is 9.59 Å². The fourth-order valence-corrected chi connectivity index (χ4v) is 4.37. The smallest absolute Gasteiger partial charge is 0.227 e. The number of hydrogen-bond acceptors (Lipinski definition) is 4. The summed E-state index contributed by atoms with van der Waals surface area (Å²) in [5.74, 6) is 0.595. The summed E-state index contributed by atoms with van der Waals surface area (Å²) in [4.78, 5) is 33.5. The van der Waals surface area contributed by atoms with Crippen LogP contribution in [0.15, 0.2) is 24.5 Å². The lowest BCUT2D eigenvalue weighted by Gasteiger charge is -2.42.